The fraction of sp³-hybridized carbons (Fsp3) is 0.714. The Bertz CT molecular complexity index is 527. The van der Waals surface area contributed by atoms with Gasteiger partial charge in [0.25, 0.3) is 5.91 Å². The van der Waals surface area contributed by atoms with Crippen molar-refractivity contribution in [2.24, 2.45) is 11.7 Å². The molecule has 0 aromatic carbocycles. The van der Waals surface area contributed by atoms with Gasteiger partial charge in [-0.25, -0.2) is 4.68 Å². The normalized spacial score (nSPS) is 26.0. The Morgan fingerprint density at radius 3 is 2.43 bits per heavy atom. The average molecular weight is 291 g/mol. The molecule has 21 heavy (non-hydrogen) atoms. The summed E-state index contributed by atoms with van der Waals surface area (Å²) < 4.78 is 1.78. The van der Waals surface area contributed by atoms with Crippen LogP contribution >= 0.6 is 0 Å². The number of carbonyl (C=O) groups excluding carboxylic acids is 2. The van der Waals surface area contributed by atoms with Crippen LogP contribution in [0, 0.1) is 5.92 Å². The number of hydrogen-bond acceptors (Lipinski definition) is 4. The van der Waals surface area contributed by atoms with Gasteiger partial charge in [-0.1, -0.05) is 5.21 Å². The summed E-state index contributed by atoms with van der Waals surface area (Å²) in [5.41, 5.74) is 5.77. The molecule has 3 rings (SSSR count). The predicted molar refractivity (Wildman–Crippen MR) is 75.3 cm³/mol. The summed E-state index contributed by atoms with van der Waals surface area (Å²) in [6.45, 7) is 1.63. The van der Waals surface area contributed by atoms with E-state index < -0.39 is 0 Å². The largest absolute Gasteiger partial charge is 0.369 e. The zero-order valence-corrected chi connectivity index (χ0v) is 12.1. The second-order valence-corrected chi connectivity index (χ2v) is 5.99. The molecule has 0 radical (unpaired) electrons. The van der Waals surface area contributed by atoms with Gasteiger partial charge in [0.15, 0.2) is 5.69 Å². The van der Waals surface area contributed by atoms with Gasteiger partial charge in [-0.3, -0.25) is 9.59 Å². The molecular formula is C14H21N5O2. The minimum Gasteiger partial charge on any atom is -0.369 e. The molecule has 7 heteroatoms. The molecule has 7 nitrogen and oxygen atoms in total. The fourth-order valence-corrected chi connectivity index (χ4v) is 3.26. The van der Waals surface area contributed by atoms with Crippen molar-refractivity contribution in [1.82, 2.24) is 19.9 Å². The first-order chi connectivity index (χ1) is 10.1. The van der Waals surface area contributed by atoms with Crippen LogP contribution in [0.4, 0.5) is 0 Å². The third kappa shape index (κ3) is 2.91. The van der Waals surface area contributed by atoms with Gasteiger partial charge in [0.2, 0.25) is 5.91 Å². The van der Waals surface area contributed by atoms with E-state index >= 15 is 0 Å². The summed E-state index contributed by atoms with van der Waals surface area (Å²) in [5.74, 6) is -0.253. The van der Waals surface area contributed by atoms with Crippen molar-refractivity contribution in [1.29, 1.82) is 0 Å². The summed E-state index contributed by atoms with van der Waals surface area (Å²) in [6.07, 6.45) is 7.16. The third-order valence-corrected chi connectivity index (χ3v) is 4.60. The molecule has 2 amide bonds. The van der Waals surface area contributed by atoms with E-state index in [0.29, 0.717) is 5.69 Å². The van der Waals surface area contributed by atoms with E-state index in [2.05, 4.69) is 10.3 Å². The standard InChI is InChI=1S/C14H21N5O2/c15-13(20)10-3-5-11(6-4-10)19-9-12(16-17-19)14(21)18-7-1-2-8-18/h9-11H,1-8H2,(H2,15,20). The van der Waals surface area contributed by atoms with Crippen LogP contribution in [0.2, 0.25) is 0 Å². The topological polar surface area (TPSA) is 94.1 Å². The van der Waals surface area contributed by atoms with Crippen LogP contribution in [0.15, 0.2) is 6.20 Å². The van der Waals surface area contributed by atoms with Crippen molar-refractivity contribution in [2.45, 2.75) is 44.6 Å². The summed E-state index contributed by atoms with van der Waals surface area (Å²) >= 11 is 0. The number of rotatable bonds is 3. The van der Waals surface area contributed by atoms with E-state index in [4.69, 9.17) is 5.73 Å². The second-order valence-electron chi connectivity index (χ2n) is 5.99. The highest BCUT2D eigenvalue weighted by Crippen LogP contribution is 2.31. The zero-order valence-electron chi connectivity index (χ0n) is 12.1. The Morgan fingerprint density at radius 1 is 1.14 bits per heavy atom. The number of carbonyl (C=O) groups is 2. The van der Waals surface area contributed by atoms with Gasteiger partial charge in [0, 0.05) is 19.0 Å². The lowest BCUT2D eigenvalue weighted by molar-refractivity contribution is -0.122. The molecule has 2 aliphatic rings. The Labute approximate surface area is 123 Å². The lowest BCUT2D eigenvalue weighted by Gasteiger charge is -2.26. The van der Waals surface area contributed by atoms with Crippen LogP contribution in [0.1, 0.15) is 55.1 Å². The number of hydrogen-bond donors (Lipinski definition) is 1. The van der Waals surface area contributed by atoms with E-state index in [1.807, 2.05) is 4.90 Å². The van der Waals surface area contributed by atoms with Crippen LogP contribution in [0.25, 0.3) is 0 Å². The molecule has 0 spiro atoms. The maximum absolute atomic E-state index is 12.2. The molecule has 2 N–H and O–H groups in total. The first kappa shape index (κ1) is 14.0. The van der Waals surface area contributed by atoms with E-state index in [1.165, 1.54) is 0 Å². The summed E-state index contributed by atoms with van der Waals surface area (Å²) in [5, 5.41) is 8.13. The van der Waals surface area contributed by atoms with Crippen LogP contribution in [0.5, 0.6) is 0 Å². The minimum absolute atomic E-state index is 0.0181. The number of primary amides is 1. The summed E-state index contributed by atoms with van der Waals surface area (Å²) in [4.78, 5) is 25.2. The molecule has 1 aromatic heterocycles. The molecule has 1 aliphatic heterocycles. The highest BCUT2D eigenvalue weighted by Gasteiger charge is 2.28. The first-order valence-corrected chi connectivity index (χ1v) is 7.65. The summed E-state index contributed by atoms with van der Waals surface area (Å²) in [7, 11) is 0. The van der Waals surface area contributed by atoms with Crippen molar-refractivity contribution < 1.29 is 9.59 Å². The minimum atomic E-state index is -0.211. The predicted octanol–water partition coefficient (Wildman–Crippen LogP) is 0.731. The fourth-order valence-electron chi connectivity index (χ4n) is 3.26. The molecule has 1 aromatic rings. The SMILES string of the molecule is NC(=O)C1CCC(n2cc(C(=O)N3CCCC3)nn2)CC1. The smallest absolute Gasteiger partial charge is 0.276 e. The summed E-state index contributed by atoms with van der Waals surface area (Å²) in [6, 6.07) is 0.216. The van der Waals surface area contributed by atoms with Crippen LogP contribution in [-0.2, 0) is 4.79 Å². The first-order valence-electron chi connectivity index (χ1n) is 7.65. The lowest BCUT2D eigenvalue weighted by Crippen LogP contribution is -2.29. The van der Waals surface area contributed by atoms with Crippen molar-refractivity contribution in [2.75, 3.05) is 13.1 Å². The Morgan fingerprint density at radius 2 is 1.81 bits per heavy atom. The molecule has 2 fully saturated rings. The molecule has 114 valence electrons. The molecule has 1 saturated heterocycles. The molecule has 2 heterocycles. The number of nitrogens with two attached hydrogens (primary N) is 1. The number of likely N-dealkylation sites (tertiary alicyclic amines) is 1. The average Bonchev–Trinajstić information content (AvgIpc) is 3.18. The van der Waals surface area contributed by atoms with Gasteiger partial charge in [-0.2, -0.15) is 0 Å². The van der Waals surface area contributed by atoms with Gasteiger partial charge >= 0.3 is 0 Å². The second kappa shape index (κ2) is 5.83. The zero-order chi connectivity index (χ0) is 14.8. The number of nitrogens with zero attached hydrogens (tertiary/aromatic N) is 4. The van der Waals surface area contributed by atoms with Crippen molar-refractivity contribution >= 4 is 11.8 Å². The molecule has 1 aliphatic carbocycles. The van der Waals surface area contributed by atoms with Crippen LogP contribution in [-0.4, -0.2) is 44.8 Å². The Hall–Kier alpha value is -1.92. The van der Waals surface area contributed by atoms with E-state index in [-0.39, 0.29) is 23.8 Å². The maximum atomic E-state index is 12.2. The highest BCUT2D eigenvalue weighted by molar-refractivity contribution is 5.92. The number of aromatic nitrogens is 3. The van der Waals surface area contributed by atoms with Crippen molar-refractivity contribution in [3.63, 3.8) is 0 Å². The van der Waals surface area contributed by atoms with Gasteiger partial charge < -0.3 is 10.6 Å². The van der Waals surface area contributed by atoms with Gasteiger partial charge in [-0.05, 0) is 38.5 Å². The van der Waals surface area contributed by atoms with Gasteiger partial charge in [0.05, 0.1) is 12.2 Å². The molecule has 0 atom stereocenters. The molecular weight excluding hydrogens is 270 g/mol. The number of amides is 2. The van der Waals surface area contributed by atoms with E-state index in [9.17, 15) is 9.59 Å². The molecule has 0 unspecified atom stereocenters. The quantitative estimate of drug-likeness (QED) is 0.888. The van der Waals surface area contributed by atoms with Crippen LogP contribution in [0.3, 0.4) is 0 Å². The monoisotopic (exact) mass is 291 g/mol. The highest BCUT2D eigenvalue weighted by atomic mass is 16.2. The molecule has 1 saturated carbocycles. The van der Waals surface area contributed by atoms with Crippen molar-refractivity contribution in [3.05, 3.63) is 11.9 Å². The lowest BCUT2D eigenvalue weighted by atomic mass is 9.86. The molecule has 0 bridgehead atoms. The van der Waals surface area contributed by atoms with Crippen molar-refractivity contribution in [3.8, 4) is 0 Å². The Kier molecular flexibility index (Phi) is 3.90. The Balaban J connectivity index is 1.63. The van der Waals surface area contributed by atoms with Gasteiger partial charge in [0.1, 0.15) is 0 Å². The van der Waals surface area contributed by atoms with Crippen LogP contribution < -0.4 is 5.73 Å². The maximum Gasteiger partial charge on any atom is 0.276 e. The van der Waals surface area contributed by atoms with E-state index in [1.54, 1.807) is 10.9 Å². The van der Waals surface area contributed by atoms with E-state index in [0.717, 1.165) is 51.6 Å². The third-order valence-electron chi connectivity index (χ3n) is 4.60. The van der Waals surface area contributed by atoms with Gasteiger partial charge in [-0.15, -0.1) is 5.10 Å².